The van der Waals surface area contributed by atoms with Gasteiger partial charge in [0, 0.05) is 17.8 Å². The van der Waals surface area contributed by atoms with E-state index in [0.717, 1.165) is 5.69 Å². The number of nitrogens with one attached hydrogen (secondary N) is 2. The molecule has 1 amide bonds. The first kappa shape index (κ1) is 13.3. The third-order valence-electron chi connectivity index (χ3n) is 2.89. The zero-order valence-corrected chi connectivity index (χ0v) is 11.5. The van der Waals surface area contributed by atoms with Crippen LogP contribution in [0.1, 0.15) is 5.69 Å². The molecule has 1 aromatic carbocycles. The Kier molecular flexibility index (Phi) is 3.63. The topological polar surface area (TPSA) is 85.6 Å². The van der Waals surface area contributed by atoms with E-state index in [4.69, 9.17) is 14.0 Å². The number of nitrogens with zero attached hydrogens (tertiary/aromatic N) is 1. The molecule has 7 nitrogen and oxygen atoms in total. The number of hydrogen-bond acceptors (Lipinski definition) is 6. The quantitative estimate of drug-likeness (QED) is 0.892. The number of aromatic nitrogens is 1. The molecule has 0 bridgehead atoms. The lowest BCUT2D eigenvalue weighted by Crippen LogP contribution is -2.21. The Bertz CT molecular complexity index is 653. The van der Waals surface area contributed by atoms with Crippen molar-refractivity contribution in [3.05, 3.63) is 30.0 Å². The second-order valence-electron chi connectivity index (χ2n) is 4.59. The second kappa shape index (κ2) is 5.74. The van der Waals surface area contributed by atoms with Gasteiger partial charge in [-0.15, -0.1) is 0 Å². The van der Waals surface area contributed by atoms with E-state index in [9.17, 15) is 4.79 Å². The van der Waals surface area contributed by atoms with Gasteiger partial charge in [-0.3, -0.25) is 10.1 Å². The number of amides is 1. The maximum absolute atomic E-state index is 11.8. The molecule has 0 unspecified atom stereocenters. The van der Waals surface area contributed by atoms with Crippen molar-refractivity contribution in [1.82, 2.24) is 5.16 Å². The summed E-state index contributed by atoms with van der Waals surface area (Å²) in [5, 5.41) is 9.32. The van der Waals surface area contributed by atoms with Crippen molar-refractivity contribution in [3.63, 3.8) is 0 Å². The predicted octanol–water partition coefficient (Wildman–Crippen LogP) is 1.80. The van der Waals surface area contributed by atoms with Crippen LogP contribution in [0.15, 0.2) is 28.8 Å². The van der Waals surface area contributed by atoms with Crippen LogP contribution in [0, 0.1) is 6.92 Å². The number of aryl methyl sites for hydroxylation is 1. The molecular weight excluding hydrogens is 274 g/mol. The Hall–Kier alpha value is -2.70. The fraction of sp³-hybridized carbons (Fsp3) is 0.286. The van der Waals surface area contributed by atoms with Gasteiger partial charge in [-0.05, 0) is 19.1 Å². The molecule has 2 N–H and O–H groups in total. The number of fused-ring (bicyclic) bond motifs is 1. The number of ether oxygens (including phenoxy) is 2. The van der Waals surface area contributed by atoms with Crippen molar-refractivity contribution in [2.24, 2.45) is 0 Å². The van der Waals surface area contributed by atoms with Gasteiger partial charge in [0.1, 0.15) is 13.2 Å². The summed E-state index contributed by atoms with van der Waals surface area (Å²) in [5.41, 5.74) is 1.49. The molecule has 1 aliphatic rings. The van der Waals surface area contributed by atoms with Gasteiger partial charge in [0.15, 0.2) is 11.5 Å². The van der Waals surface area contributed by atoms with E-state index in [0.29, 0.717) is 36.3 Å². The predicted molar refractivity (Wildman–Crippen MR) is 75.8 cm³/mol. The highest BCUT2D eigenvalue weighted by molar-refractivity contribution is 5.92. The lowest BCUT2D eigenvalue weighted by molar-refractivity contribution is -0.114. The molecule has 0 atom stereocenters. The summed E-state index contributed by atoms with van der Waals surface area (Å²) < 4.78 is 15.8. The number of anilines is 2. The molecule has 0 saturated heterocycles. The van der Waals surface area contributed by atoms with Gasteiger partial charge in [-0.2, -0.15) is 0 Å². The number of rotatable bonds is 4. The molecule has 2 aromatic rings. The van der Waals surface area contributed by atoms with E-state index in [-0.39, 0.29) is 12.5 Å². The Labute approximate surface area is 121 Å². The Morgan fingerprint density at radius 2 is 2.05 bits per heavy atom. The molecule has 1 aliphatic heterocycles. The van der Waals surface area contributed by atoms with Crippen molar-refractivity contribution in [2.75, 3.05) is 30.4 Å². The summed E-state index contributed by atoms with van der Waals surface area (Å²) in [6, 6.07) is 7.11. The number of benzene rings is 1. The van der Waals surface area contributed by atoms with Crippen LogP contribution >= 0.6 is 0 Å². The van der Waals surface area contributed by atoms with Crippen LogP contribution in [0.25, 0.3) is 0 Å². The fourth-order valence-electron chi connectivity index (χ4n) is 1.94. The summed E-state index contributed by atoms with van der Waals surface area (Å²) in [5.74, 6) is 1.51. The molecule has 7 heteroatoms. The summed E-state index contributed by atoms with van der Waals surface area (Å²) in [4.78, 5) is 11.8. The van der Waals surface area contributed by atoms with E-state index >= 15 is 0 Å². The normalized spacial score (nSPS) is 12.8. The third-order valence-corrected chi connectivity index (χ3v) is 2.89. The first-order valence-corrected chi connectivity index (χ1v) is 6.57. The molecule has 1 aromatic heterocycles. The smallest absolute Gasteiger partial charge is 0.246 e. The average Bonchev–Trinajstić information content (AvgIpc) is 2.90. The van der Waals surface area contributed by atoms with Gasteiger partial charge >= 0.3 is 0 Å². The summed E-state index contributed by atoms with van der Waals surface area (Å²) in [6.45, 7) is 2.98. The molecule has 3 rings (SSSR count). The van der Waals surface area contributed by atoms with Crippen LogP contribution in [0.3, 0.4) is 0 Å². The van der Waals surface area contributed by atoms with Crippen molar-refractivity contribution in [3.8, 4) is 11.5 Å². The largest absolute Gasteiger partial charge is 0.486 e. The van der Waals surface area contributed by atoms with E-state index in [1.165, 1.54) is 0 Å². The maximum Gasteiger partial charge on any atom is 0.246 e. The van der Waals surface area contributed by atoms with E-state index in [1.54, 1.807) is 19.1 Å². The van der Waals surface area contributed by atoms with Crippen molar-refractivity contribution >= 4 is 17.5 Å². The number of hydrogen-bond donors (Lipinski definition) is 2. The van der Waals surface area contributed by atoms with Gasteiger partial charge in [-0.1, -0.05) is 5.16 Å². The van der Waals surface area contributed by atoms with Gasteiger partial charge < -0.3 is 19.3 Å². The number of carbonyl (C=O) groups excluding carboxylic acids is 1. The summed E-state index contributed by atoms with van der Waals surface area (Å²) in [6.07, 6.45) is 0. The monoisotopic (exact) mass is 289 g/mol. The van der Waals surface area contributed by atoms with Crippen LogP contribution in [-0.4, -0.2) is 30.8 Å². The fourth-order valence-corrected chi connectivity index (χ4v) is 1.94. The average molecular weight is 289 g/mol. The first-order chi connectivity index (χ1) is 10.2. The van der Waals surface area contributed by atoms with E-state index in [2.05, 4.69) is 15.8 Å². The van der Waals surface area contributed by atoms with Gasteiger partial charge in [0.25, 0.3) is 0 Å². The van der Waals surface area contributed by atoms with Gasteiger partial charge in [0.2, 0.25) is 11.8 Å². The summed E-state index contributed by atoms with van der Waals surface area (Å²) in [7, 11) is 0. The van der Waals surface area contributed by atoms with Gasteiger partial charge in [-0.25, -0.2) is 0 Å². The van der Waals surface area contributed by atoms with Gasteiger partial charge in [0.05, 0.1) is 12.2 Å². The molecule has 0 spiro atoms. The molecule has 0 aliphatic carbocycles. The molecule has 0 fully saturated rings. The molecule has 21 heavy (non-hydrogen) atoms. The highest BCUT2D eigenvalue weighted by atomic mass is 16.6. The highest BCUT2D eigenvalue weighted by Crippen LogP contribution is 2.32. The molecule has 2 heterocycles. The van der Waals surface area contributed by atoms with Crippen molar-refractivity contribution in [2.45, 2.75) is 6.92 Å². The second-order valence-corrected chi connectivity index (χ2v) is 4.59. The molecule has 0 radical (unpaired) electrons. The first-order valence-electron chi connectivity index (χ1n) is 6.57. The third kappa shape index (κ3) is 3.25. The van der Waals surface area contributed by atoms with Crippen LogP contribution in [-0.2, 0) is 4.79 Å². The van der Waals surface area contributed by atoms with Crippen LogP contribution in [0.4, 0.5) is 11.6 Å². The Morgan fingerprint density at radius 3 is 2.81 bits per heavy atom. The van der Waals surface area contributed by atoms with Crippen LogP contribution in [0.2, 0.25) is 0 Å². The van der Waals surface area contributed by atoms with E-state index < -0.39 is 0 Å². The zero-order valence-electron chi connectivity index (χ0n) is 11.5. The Morgan fingerprint density at radius 1 is 1.24 bits per heavy atom. The SMILES string of the molecule is Cc1cc(NC(=O)CNc2ccc3c(c2)OCCO3)on1. The highest BCUT2D eigenvalue weighted by Gasteiger charge is 2.12. The van der Waals surface area contributed by atoms with Crippen molar-refractivity contribution < 1.29 is 18.8 Å². The Balaban J connectivity index is 1.56. The van der Waals surface area contributed by atoms with Crippen molar-refractivity contribution in [1.29, 1.82) is 0 Å². The molecule has 0 saturated carbocycles. The van der Waals surface area contributed by atoms with Crippen LogP contribution < -0.4 is 20.1 Å². The minimum Gasteiger partial charge on any atom is -0.486 e. The lowest BCUT2D eigenvalue weighted by atomic mass is 10.2. The van der Waals surface area contributed by atoms with Crippen LogP contribution in [0.5, 0.6) is 11.5 Å². The lowest BCUT2D eigenvalue weighted by Gasteiger charge is -2.19. The standard InChI is InChI=1S/C14H15N3O4/c1-9-6-14(21-17-9)16-13(18)8-15-10-2-3-11-12(7-10)20-5-4-19-11/h2-3,6-7,15H,4-5,8H2,1H3,(H,16,18). The molecule has 110 valence electrons. The number of carbonyl (C=O) groups is 1. The summed E-state index contributed by atoms with van der Waals surface area (Å²) >= 11 is 0. The minimum atomic E-state index is -0.221. The molecular formula is C14H15N3O4. The zero-order chi connectivity index (χ0) is 14.7. The minimum absolute atomic E-state index is 0.111. The maximum atomic E-state index is 11.8. The van der Waals surface area contributed by atoms with E-state index in [1.807, 2.05) is 12.1 Å².